The number of benzene rings is 1. The number of nitrogens with one attached hydrogen (secondary N) is 1. The summed E-state index contributed by atoms with van der Waals surface area (Å²) in [5.41, 5.74) is 1.90. The summed E-state index contributed by atoms with van der Waals surface area (Å²) < 4.78 is 0. The van der Waals surface area contributed by atoms with Crippen LogP contribution in [0.2, 0.25) is 0 Å². The van der Waals surface area contributed by atoms with Crippen molar-refractivity contribution in [3.63, 3.8) is 0 Å². The number of amides is 1. The highest BCUT2D eigenvalue weighted by Gasteiger charge is 2.20. The summed E-state index contributed by atoms with van der Waals surface area (Å²) >= 11 is 1.18. The molecule has 0 aliphatic carbocycles. The largest absolute Gasteiger partial charge is 0.476 e. The Hall–Kier alpha value is -2.21. The summed E-state index contributed by atoms with van der Waals surface area (Å²) in [7, 11) is 0. The Morgan fingerprint density at radius 1 is 1.33 bits per heavy atom. The fraction of sp³-hybridized carbons (Fsp3) is 0.267. The fourth-order valence-corrected chi connectivity index (χ4v) is 2.62. The fourth-order valence-electron chi connectivity index (χ4n) is 1.77. The topological polar surface area (TPSA) is 79.3 Å². The molecular weight excluding hydrogens is 288 g/mol. The molecule has 2 N–H and O–H groups in total. The van der Waals surface area contributed by atoms with Crippen LogP contribution in [0.4, 0.5) is 5.69 Å². The van der Waals surface area contributed by atoms with E-state index >= 15 is 0 Å². The Kier molecular flexibility index (Phi) is 4.70. The highest BCUT2D eigenvalue weighted by Crippen LogP contribution is 2.22. The van der Waals surface area contributed by atoms with Gasteiger partial charge in [0.25, 0.3) is 0 Å². The molecule has 0 unspecified atom stereocenters. The third kappa shape index (κ3) is 3.66. The lowest BCUT2D eigenvalue weighted by molar-refractivity contribution is -0.117. The summed E-state index contributed by atoms with van der Waals surface area (Å²) in [6.07, 6.45) is 0.946. The number of carbonyl (C=O) groups is 2. The third-order valence-electron chi connectivity index (χ3n) is 3.13. The van der Waals surface area contributed by atoms with Crippen molar-refractivity contribution in [3.05, 3.63) is 45.9 Å². The molecule has 0 saturated carbocycles. The molecule has 1 heterocycles. The first-order valence-corrected chi connectivity index (χ1v) is 7.47. The number of aromatic carboxylic acids is 1. The monoisotopic (exact) mass is 304 g/mol. The second kappa shape index (κ2) is 6.49. The van der Waals surface area contributed by atoms with E-state index in [4.69, 9.17) is 5.11 Å². The second-order valence-electron chi connectivity index (χ2n) is 4.64. The molecule has 110 valence electrons. The number of carboxylic acids is 1. The molecule has 0 spiro atoms. The first-order valence-electron chi connectivity index (χ1n) is 6.59. The quantitative estimate of drug-likeness (QED) is 0.889. The summed E-state index contributed by atoms with van der Waals surface area (Å²) in [5.74, 6) is -1.78. The van der Waals surface area contributed by atoms with Crippen LogP contribution in [0.15, 0.2) is 29.6 Å². The van der Waals surface area contributed by atoms with Gasteiger partial charge in [0.05, 0.1) is 5.92 Å². The van der Waals surface area contributed by atoms with Gasteiger partial charge in [0.1, 0.15) is 5.01 Å². The van der Waals surface area contributed by atoms with E-state index in [0.717, 1.165) is 12.1 Å². The van der Waals surface area contributed by atoms with Gasteiger partial charge in [-0.15, -0.1) is 11.3 Å². The van der Waals surface area contributed by atoms with Crippen LogP contribution in [0.1, 0.15) is 40.8 Å². The van der Waals surface area contributed by atoms with Crippen molar-refractivity contribution >= 4 is 28.9 Å². The molecule has 2 aromatic rings. The van der Waals surface area contributed by atoms with Gasteiger partial charge in [0.2, 0.25) is 5.91 Å². The van der Waals surface area contributed by atoms with Crippen LogP contribution in [-0.2, 0) is 11.2 Å². The van der Waals surface area contributed by atoms with E-state index in [9.17, 15) is 9.59 Å². The molecule has 0 fully saturated rings. The van der Waals surface area contributed by atoms with Crippen LogP contribution < -0.4 is 5.32 Å². The zero-order chi connectivity index (χ0) is 15.4. The highest BCUT2D eigenvalue weighted by atomic mass is 32.1. The van der Waals surface area contributed by atoms with Crippen molar-refractivity contribution in [2.24, 2.45) is 0 Å². The lowest BCUT2D eigenvalue weighted by Crippen LogP contribution is -2.18. The van der Waals surface area contributed by atoms with E-state index < -0.39 is 11.9 Å². The number of carbonyl (C=O) groups excluding carboxylic acids is 1. The van der Waals surface area contributed by atoms with E-state index in [1.54, 1.807) is 6.92 Å². The number of anilines is 1. The number of thiazole rings is 1. The van der Waals surface area contributed by atoms with Crippen LogP contribution in [-0.4, -0.2) is 22.0 Å². The minimum absolute atomic E-state index is 0.0260. The van der Waals surface area contributed by atoms with E-state index in [2.05, 4.69) is 17.2 Å². The van der Waals surface area contributed by atoms with Crippen LogP contribution >= 0.6 is 11.3 Å². The zero-order valence-electron chi connectivity index (χ0n) is 11.8. The van der Waals surface area contributed by atoms with E-state index in [1.807, 2.05) is 24.3 Å². The lowest BCUT2D eigenvalue weighted by Gasteiger charge is -2.10. The van der Waals surface area contributed by atoms with Crippen molar-refractivity contribution in [2.45, 2.75) is 26.2 Å². The van der Waals surface area contributed by atoms with Gasteiger partial charge < -0.3 is 10.4 Å². The molecule has 2 rings (SSSR count). The maximum absolute atomic E-state index is 12.2. The van der Waals surface area contributed by atoms with Crippen LogP contribution in [0, 0.1) is 0 Å². The Bertz CT molecular complexity index is 649. The molecule has 1 atom stereocenters. The molecule has 0 bridgehead atoms. The number of aryl methyl sites for hydroxylation is 1. The predicted octanol–water partition coefficient (Wildman–Crippen LogP) is 3.15. The van der Waals surface area contributed by atoms with Gasteiger partial charge in [0.15, 0.2) is 5.69 Å². The molecule has 0 aliphatic heterocycles. The summed E-state index contributed by atoms with van der Waals surface area (Å²) in [6, 6.07) is 7.64. The standard InChI is InChI=1S/C15H16N2O3S/c1-3-10-4-6-11(7-5-10)16-13(18)9(2)14-17-12(8-21-14)15(19)20/h4-9H,3H2,1-2H3,(H,16,18)(H,19,20)/t9-/m0/s1. The van der Waals surface area contributed by atoms with Gasteiger partial charge in [-0.25, -0.2) is 9.78 Å². The molecule has 0 radical (unpaired) electrons. The van der Waals surface area contributed by atoms with E-state index in [-0.39, 0.29) is 11.6 Å². The smallest absolute Gasteiger partial charge is 0.355 e. The average molecular weight is 304 g/mol. The van der Waals surface area contributed by atoms with Crippen molar-refractivity contribution < 1.29 is 14.7 Å². The van der Waals surface area contributed by atoms with Gasteiger partial charge in [0, 0.05) is 11.1 Å². The van der Waals surface area contributed by atoms with Crippen LogP contribution in [0.3, 0.4) is 0 Å². The first kappa shape index (κ1) is 15.2. The molecule has 0 aliphatic rings. The molecular formula is C15H16N2O3S. The predicted molar refractivity (Wildman–Crippen MR) is 81.9 cm³/mol. The number of rotatable bonds is 5. The van der Waals surface area contributed by atoms with E-state index in [0.29, 0.717) is 5.01 Å². The summed E-state index contributed by atoms with van der Waals surface area (Å²) in [5, 5.41) is 13.6. The van der Waals surface area contributed by atoms with Gasteiger partial charge in [-0.05, 0) is 31.0 Å². The Morgan fingerprint density at radius 3 is 2.52 bits per heavy atom. The van der Waals surface area contributed by atoms with Crippen LogP contribution in [0.5, 0.6) is 0 Å². The normalized spacial score (nSPS) is 11.9. The minimum Gasteiger partial charge on any atom is -0.476 e. The summed E-state index contributed by atoms with van der Waals surface area (Å²) in [6.45, 7) is 3.78. The number of hydrogen-bond donors (Lipinski definition) is 2. The first-order chi connectivity index (χ1) is 10.0. The molecule has 1 amide bonds. The molecule has 1 aromatic heterocycles. The molecule has 0 saturated heterocycles. The number of aromatic nitrogens is 1. The van der Waals surface area contributed by atoms with E-state index in [1.165, 1.54) is 22.3 Å². The Balaban J connectivity index is 2.05. The molecule has 6 heteroatoms. The lowest BCUT2D eigenvalue weighted by atomic mass is 10.1. The van der Waals surface area contributed by atoms with Gasteiger partial charge in [-0.2, -0.15) is 0 Å². The van der Waals surface area contributed by atoms with Gasteiger partial charge in [-0.3, -0.25) is 4.79 Å². The van der Waals surface area contributed by atoms with Crippen molar-refractivity contribution in [1.82, 2.24) is 4.98 Å². The maximum atomic E-state index is 12.2. The van der Waals surface area contributed by atoms with Crippen molar-refractivity contribution in [2.75, 3.05) is 5.32 Å². The molecule has 1 aromatic carbocycles. The second-order valence-corrected chi connectivity index (χ2v) is 5.53. The Morgan fingerprint density at radius 2 is 2.00 bits per heavy atom. The minimum atomic E-state index is -1.08. The Labute approximate surface area is 126 Å². The van der Waals surface area contributed by atoms with Gasteiger partial charge in [-0.1, -0.05) is 19.1 Å². The maximum Gasteiger partial charge on any atom is 0.355 e. The van der Waals surface area contributed by atoms with Crippen molar-refractivity contribution in [1.29, 1.82) is 0 Å². The number of hydrogen-bond acceptors (Lipinski definition) is 4. The van der Waals surface area contributed by atoms with Gasteiger partial charge >= 0.3 is 5.97 Å². The third-order valence-corrected chi connectivity index (χ3v) is 4.16. The highest BCUT2D eigenvalue weighted by molar-refractivity contribution is 7.10. The molecule has 21 heavy (non-hydrogen) atoms. The SMILES string of the molecule is CCc1ccc(NC(=O)[C@H](C)c2nc(C(=O)O)cs2)cc1. The average Bonchev–Trinajstić information content (AvgIpc) is 2.97. The zero-order valence-corrected chi connectivity index (χ0v) is 12.6. The number of carboxylic acid groups (broad SMARTS) is 1. The summed E-state index contributed by atoms with van der Waals surface area (Å²) in [4.78, 5) is 26.9. The number of nitrogens with zero attached hydrogens (tertiary/aromatic N) is 1. The van der Waals surface area contributed by atoms with Crippen molar-refractivity contribution in [3.8, 4) is 0 Å². The van der Waals surface area contributed by atoms with Crippen LogP contribution in [0.25, 0.3) is 0 Å². The molecule has 5 nitrogen and oxygen atoms in total.